The molecule has 5 nitrogen and oxygen atoms in total. The van der Waals surface area contributed by atoms with E-state index in [1.165, 1.54) is 0 Å². The minimum atomic E-state index is -0.470. The van der Waals surface area contributed by atoms with E-state index in [0.717, 1.165) is 13.0 Å². The molecule has 15 heavy (non-hydrogen) atoms. The number of carbonyl (C=O) groups is 2. The third kappa shape index (κ3) is 9.21. The molecule has 0 unspecified atom stereocenters. The first kappa shape index (κ1) is 13.9. The lowest BCUT2D eigenvalue weighted by Gasteiger charge is -2.09. The van der Waals surface area contributed by atoms with Crippen molar-refractivity contribution in [3.05, 3.63) is 0 Å². The highest BCUT2D eigenvalue weighted by atomic mass is 16.5. The predicted octanol–water partition coefficient (Wildman–Crippen LogP) is 0.00750. The third-order valence-electron chi connectivity index (χ3n) is 1.71. The molecule has 88 valence electrons. The molecule has 0 fully saturated rings. The van der Waals surface area contributed by atoms with Crippen molar-refractivity contribution in [1.29, 1.82) is 0 Å². The van der Waals surface area contributed by atoms with Crippen LogP contribution in [-0.2, 0) is 14.3 Å². The summed E-state index contributed by atoms with van der Waals surface area (Å²) in [5.41, 5.74) is 0. The fourth-order valence-electron chi connectivity index (χ4n) is 1.03. The van der Waals surface area contributed by atoms with Crippen molar-refractivity contribution < 1.29 is 14.3 Å². The lowest BCUT2D eigenvalue weighted by atomic mass is 10.3. The van der Waals surface area contributed by atoms with Crippen LogP contribution in [0.15, 0.2) is 0 Å². The summed E-state index contributed by atoms with van der Waals surface area (Å²) in [6.45, 7) is 3.54. The number of carbonyl (C=O) groups excluding carboxylic acids is 2. The number of nitrogens with zero attached hydrogens (tertiary/aromatic N) is 1. The Labute approximate surface area is 90.8 Å². The van der Waals surface area contributed by atoms with Crippen LogP contribution < -0.4 is 5.32 Å². The summed E-state index contributed by atoms with van der Waals surface area (Å²) in [4.78, 5) is 24.1. The Morgan fingerprint density at radius 1 is 1.33 bits per heavy atom. The van der Waals surface area contributed by atoms with Crippen LogP contribution >= 0.6 is 0 Å². The first-order chi connectivity index (χ1) is 7.06. The summed E-state index contributed by atoms with van der Waals surface area (Å²) >= 11 is 0. The van der Waals surface area contributed by atoms with E-state index in [4.69, 9.17) is 0 Å². The van der Waals surface area contributed by atoms with Crippen molar-refractivity contribution in [3.8, 4) is 0 Å². The zero-order valence-corrected chi connectivity index (χ0v) is 9.71. The highest BCUT2D eigenvalue weighted by Gasteiger charge is 2.08. The second-order valence-corrected chi connectivity index (χ2v) is 3.49. The van der Waals surface area contributed by atoms with Crippen LogP contribution in [0.25, 0.3) is 0 Å². The molecule has 1 amide bonds. The fourth-order valence-corrected chi connectivity index (χ4v) is 1.03. The third-order valence-corrected chi connectivity index (χ3v) is 1.71. The first-order valence-corrected chi connectivity index (χ1v) is 5.13. The molecule has 0 saturated heterocycles. The second-order valence-electron chi connectivity index (χ2n) is 3.49. The number of hydrogen-bond acceptors (Lipinski definition) is 4. The van der Waals surface area contributed by atoms with E-state index in [0.29, 0.717) is 13.2 Å². The van der Waals surface area contributed by atoms with Crippen LogP contribution in [-0.4, -0.2) is 50.6 Å². The molecule has 0 saturated carbocycles. The summed E-state index contributed by atoms with van der Waals surface area (Å²) in [6, 6.07) is 0. The maximum atomic E-state index is 11.1. The molecule has 0 heterocycles. The van der Waals surface area contributed by atoms with Gasteiger partial charge in [0.2, 0.25) is 5.91 Å². The average molecular weight is 216 g/mol. The maximum Gasteiger partial charge on any atom is 0.315 e. The molecule has 0 aromatic carbocycles. The molecule has 0 aliphatic rings. The molecule has 1 N–H and O–H groups in total. The Hall–Kier alpha value is -1.10. The van der Waals surface area contributed by atoms with Crippen molar-refractivity contribution in [2.24, 2.45) is 0 Å². The normalized spacial score (nSPS) is 10.1. The van der Waals surface area contributed by atoms with Gasteiger partial charge in [0, 0.05) is 6.54 Å². The van der Waals surface area contributed by atoms with Crippen molar-refractivity contribution >= 4 is 11.9 Å². The minimum absolute atomic E-state index is 0.185. The Morgan fingerprint density at radius 3 is 2.53 bits per heavy atom. The first-order valence-electron chi connectivity index (χ1n) is 5.13. The number of rotatable bonds is 7. The molecule has 0 rings (SSSR count). The number of amides is 1. The van der Waals surface area contributed by atoms with Gasteiger partial charge >= 0.3 is 5.97 Å². The minimum Gasteiger partial charge on any atom is -0.466 e. The van der Waals surface area contributed by atoms with Crippen LogP contribution in [0, 0.1) is 0 Å². The molecule has 0 aromatic rings. The Kier molecular flexibility index (Phi) is 7.62. The van der Waals surface area contributed by atoms with Crippen LogP contribution in [0.1, 0.15) is 19.8 Å². The SMILES string of the molecule is CCOC(=O)CC(=O)NCCCN(C)C. The van der Waals surface area contributed by atoms with Gasteiger partial charge in [-0.2, -0.15) is 0 Å². The highest BCUT2D eigenvalue weighted by molar-refractivity contribution is 5.94. The topological polar surface area (TPSA) is 58.6 Å². The van der Waals surface area contributed by atoms with Gasteiger partial charge in [-0.15, -0.1) is 0 Å². The molecule has 0 spiro atoms. The van der Waals surface area contributed by atoms with Crippen LogP contribution in [0.2, 0.25) is 0 Å². The zero-order chi connectivity index (χ0) is 11.7. The van der Waals surface area contributed by atoms with Gasteiger partial charge in [-0.1, -0.05) is 0 Å². The molecule has 0 atom stereocenters. The molecule has 0 aromatic heterocycles. The quantitative estimate of drug-likeness (QED) is 0.370. The largest absolute Gasteiger partial charge is 0.466 e. The van der Waals surface area contributed by atoms with Gasteiger partial charge in [-0.3, -0.25) is 9.59 Å². The van der Waals surface area contributed by atoms with E-state index in [1.807, 2.05) is 19.0 Å². The van der Waals surface area contributed by atoms with Crippen molar-refractivity contribution in [1.82, 2.24) is 10.2 Å². The lowest BCUT2D eigenvalue weighted by molar-refractivity contribution is -0.145. The van der Waals surface area contributed by atoms with Crippen LogP contribution in [0.4, 0.5) is 0 Å². The second kappa shape index (κ2) is 8.23. The molecule has 0 aliphatic heterocycles. The van der Waals surface area contributed by atoms with Gasteiger partial charge in [0.05, 0.1) is 6.61 Å². The zero-order valence-electron chi connectivity index (χ0n) is 9.71. The molecule has 5 heteroatoms. The average Bonchev–Trinajstić information content (AvgIpc) is 2.12. The van der Waals surface area contributed by atoms with Gasteiger partial charge in [0.15, 0.2) is 0 Å². The van der Waals surface area contributed by atoms with Gasteiger partial charge in [0.25, 0.3) is 0 Å². The Morgan fingerprint density at radius 2 is 2.00 bits per heavy atom. The van der Waals surface area contributed by atoms with Crippen molar-refractivity contribution in [2.75, 3.05) is 33.8 Å². The smallest absolute Gasteiger partial charge is 0.315 e. The molecule has 0 radical (unpaired) electrons. The monoisotopic (exact) mass is 216 g/mol. The van der Waals surface area contributed by atoms with E-state index in [1.54, 1.807) is 6.92 Å². The molecule has 0 aliphatic carbocycles. The summed E-state index contributed by atoms with van der Waals surface area (Å²) in [7, 11) is 3.95. The van der Waals surface area contributed by atoms with Crippen molar-refractivity contribution in [3.63, 3.8) is 0 Å². The predicted molar refractivity (Wildman–Crippen MR) is 57.4 cm³/mol. The molecule has 0 bridgehead atoms. The van der Waals surface area contributed by atoms with Gasteiger partial charge in [-0.25, -0.2) is 0 Å². The van der Waals surface area contributed by atoms with E-state index in [2.05, 4.69) is 10.1 Å². The lowest BCUT2D eigenvalue weighted by Crippen LogP contribution is -2.29. The number of esters is 1. The van der Waals surface area contributed by atoms with Gasteiger partial charge in [0.1, 0.15) is 6.42 Å². The summed E-state index contributed by atoms with van der Waals surface area (Å²) < 4.78 is 4.65. The maximum absolute atomic E-state index is 11.1. The number of hydrogen-bond donors (Lipinski definition) is 1. The summed E-state index contributed by atoms with van der Waals surface area (Å²) in [5, 5.41) is 2.66. The van der Waals surface area contributed by atoms with Crippen LogP contribution in [0.3, 0.4) is 0 Å². The summed E-state index contributed by atoms with van der Waals surface area (Å²) in [5.74, 6) is -0.741. The number of ether oxygens (including phenoxy) is 1. The standard InChI is InChI=1S/C10H20N2O3/c1-4-15-10(14)8-9(13)11-6-5-7-12(2)3/h4-8H2,1-3H3,(H,11,13). The van der Waals surface area contributed by atoms with E-state index >= 15 is 0 Å². The van der Waals surface area contributed by atoms with Crippen LogP contribution in [0.5, 0.6) is 0 Å². The van der Waals surface area contributed by atoms with E-state index < -0.39 is 5.97 Å². The van der Waals surface area contributed by atoms with Crippen molar-refractivity contribution in [2.45, 2.75) is 19.8 Å². The molecular weight excluding hydrogens is 196 g/mol. The Balaban J connectivity index is 3.45. The van der Waals surface area contributed by atoms with Gasteiger partial charge < -0.3 is 15.0 Å². The van der Waals surface area contributed by atoms with Gasteiger partial charge in [-0.05, 0) is 34.0 Å². The van der Waals surface area contributed by atoms with E-state index in [9.17, 15) is 9.59 Å². The number of nitrogens with one attached hydrogen (secondary N) is 1. The molecular formula is C10H20N2O3. The Bertz CT molecular complexity index is 205. The summed E-state index contributed by atoms with van der Waals surface area (Å²) in [6.07, 6.45) is 0.692. The fraction of sp³-hybridized carbons (Fsp3) is 0.800. The van der Waals surface area contributed by atoms with E-state index in [-0.39, 0.29) is 12.3 Å². The highest BCUT2D eigenvalue weighted by Crippen LogP contribution is 1.87.